The first-order valence-corrected chi connectivity index (χ1v) is 8.91. The van der Waals surface area contributed by atoms with Crippen LogP contribution in [0.4, 0.5) is 5.13 Å². The van der Waals surface area contributed by atoms with Gasteiger partial charge in [-0.2, -0.15) is 0 Å². The summed E-state index contributed by atoms with van der Waals surface area (Å²) in [6.45, 7) is 2.43. The predicted molar refractivity (Wildman–Crippen MR) is 99.2 cm³/mol. The SMILES string of the molecule is CCc1ccc(OCCC(=O)Nc2nc3ccc(Cl)cc3s2)cc1. The fourth-order valence-corrected chi connectivity index (χ4v) is 3.37. The molecular weight excluding hydrogens is 344 g/mol. The number of anilines is 1. The summed E-state index contributed by atoms with van der Waals surface area (Å²) in [5, 5.41) is 4.03. The summed E-state index contributed by atoms with van der Waals surface area (Å²) in [7, 11) is 0. The highest BCUT2D eigenvalue weighted by molar-refractivity contribution is 7.22. The molecule has 1 amide bonds. The van der Waals surface area contributed by atoms with Gasteiger partial charge in [-0.05, 0) is 42.3 Å². The van der Waals surface area contributed by atoms with Gasteiger partial charge in [0.1, 0.15) is 5.75 Å². The topological polar surface area (TPSA) is 51.2 Å². The fourth-order valence-electron chi connectivity index (χ4n) is 2.22. The first-order valence-electron chi connectivity index (χ1n) is 7.71. The lowest BCUT2D eigenvalue weighted by atomic mass is 10.2. The van der Waals surface area contributed by atoms with Gasteiger partial charge in [0.15, 0.2) is 5.13 Å². The van der Waals surface area contributed by atoms with E-state index in [9.17, 15) is 4.79 Å². The Hall–Kier alpha value is -2.11. The summed E-state index contributed by atoms with van der Waals surface area (Å²) in [6, 6.07) is 13.4. The van der Waals surface area contributed by atoms with Gasteiger partial charge in [-0.1, -0.05) is 42.0 Å². The van der Waals surface area contributed by atoms with Crippen LogP contribution in [0.5, 0.6) is 5.75 Å². The highest BCUT2D eigenvalue weighted by atomic mass is 35.5. The highest BCUT2D eigenvalue weighted by Gasteiger charge is 2.08. The molecule has 24 heavy (non-hydrogen) atoms. The molecule has 6 heteroatoms. The number of carbonyl (C=O) groups is 1. The number of halogens is 1. The van der Waals surface area contributed by atoms with Gasteiger partial charge in [-0.25, -0.2) is 4.98 Å². The number of rotatable bonds is 6. The van der Waals surface area contributed by atoms with Crippen molar-refractivity contribution in [2.24, 2.45) is 0 Å². The third-order valence-electron chi connectivity index (χ3n) is 3.53. The molecule has 0 spiro atoms. The van der Waals surface area contributed by atoms with Crippen molar-refractivity contribution in [2.45, 2.75) is 19.8 Å². The average Bonchev–Trinajstić information content (AvgIpc) is 2.96. The van der Waals surface area contributed by atoms with Gasteiger partial charge in [0, 0.05) is 5.02 Å². The Kier molecular flexibility index (Phi) is 5.33. The number of fused-ring (bicyclic) bond motifs is 1. The van der Waals surface area contributed by atoms with E-state index in [2.05, 4.69) is 17.2 Å². The Balaban J connectivity index is 1.51. The number of hydrogen-bond donors (Lipinski definition) is 1. The molecular formula is C18H17ClN2O2S. The first-order chi connectivity index (χ1) is 11.6. The van der Waals surface area contributed by atoms with E-state index in [1.54, 1.807) is 6.07 Å². The Labute approximate surface area is 149 Å². The number of ether oxygens (including phenoxy) is 1. The van der Waals surface area contributed by atoms with E-state index >= 15 is 0 Å². The predicted octanol–water partition coefficient (Wildman–Crippen LogP) is 4.92. The lowest BCUT2D eigenvalue weighted by molar-refractivity contribution is -0.116. The van der Waals surface area contributed by atoms with Crippen LogP contribution in [0.25, 0.3) is 10.2 Å². The van der Waals surface area contributed by atoms with E-state index in [-0.39, 0.29) is 12.3 Å². The average molecular weight is 361 g/mol. The smallest absolute Gasteiger partial charge is 0.229 e. The molecule has 2 aromatic carbocycles. The van der Waals surface area contributed by atoms with Crippen LogP contribution in [0, 0.1) is 0 Å². The summed E-state index contributed by atoms with van der Waals surface area (Å²) >= 11 is 7.36. The van der Waals surface area contributed by atoms with Crippen LogP contribution < -0.4 is 10.1 Å². The first kappa shape index (κ1) is 16.7. The number of nitrogens with zero attached hydrogens (tertiary/aromatic N) is 1. The Morgan fingerprint density at radius 3 is 2.79 bits per heavy atom. The summed E-state index contributed by atoms with van der Waals surface area (Å²) in [6.07, 6.45) is 1.27. The summed E-state index contributed by atoms with van der Waals surface area (Å²) in [5.74, 6) is 0.653. The van der Waals surface area contributed by atoms with Crippen molar-refractivity contribution in [1.29, 1.82) is 0 Å². The lowest BCUT2D eigenvalue weighted by Gasteiger charge is -2.06. The zero-order valence-corrected chi connectivity index (χ0v) is 14.8. The van der Waals surface area contributed by atoms with Crippen molar-refractivity contribution in [2.75, 3.05) is 11.9 Å². The third kappa shape index (κ3) is 4.24. The Bertz CT molecular complexity index is 846. The molecule has 0 aliphatic rings. The number of aryl methyl sites for hydroxylation is 1. The van der Waals surface area contributed by atoms with Crippen LogP contribution in [-0.4, -0.2) is 17.5 Å². The zero-order valence-electron chi connectivity index (χ0n) is 13.2. The minimum atomic E-state index is -0.120. The molecule has 0 bridgehead atoms. The number of nitrogens with one attached hydrogen (secondary N) is 1. The maximum absolute atomic E-state index is 12.0. The van der Waals surface area contributed by atoms with Gasteiger partial charge in [0.25, 0.3) is 0 Å². The quantitative estimate of drug-likeness (QED) is 0.678. The van der Waals surface area contributed by atoms with Crippen molar-refractivity contribution >= 4 is 44.2 Å². The number of benzene rings is 2. The molecule has 1 heterocycles. The molecule has 4 nitrogen and oxygen atoms in total. The van der Waals surface area contributed by atoms with Crippen molar-refractivity contribution in [1.82, 2.24) is 4.98 Å². The normalized spacial score (nSPS) is 10.8. The molecule has 1 N–H and O–H groups in total. The fraction of sp³-hybridized carbons (Fsp3) is 0.222. The van der Waals surface area contributed by atoms with Crippen LogP contribution in [-0.2, 0) is 11.2 Å². The molecule has 0 atom stereocenters. The molecule has 0 saturated heterocycles. The maximum atomic E-state index is 12.0. The van der Waals surface area contributed by atoms with Crippen molar-refractivity contribution in [3.05, 3.63) is 53.1 Å². The molecule has 124 valence electrons. The van der Waals surface area contributed by atoms with Crippen LogP contribution in [0.15, 0.2) is 42.5 Å². The summed E-state index contributed by atoms with van der Waals surface area (Å²) in [4.78, 5) is 16.4. The highest BCUT2D eigenvalue weighted by Crippen LogP contribution is 2.28. The number of hydrogen-bond acceptors (Lipinski definition) is 4. The number of thiazole rings is 1. The monoisotopic (exact) mass is 360 g/mol. The minimum Gasteiger partial charge on any atom is -0.493 e. The molecule has 3 aromatic rings. The second kappa shape index (κ2) is 7.64. The maximum Gasteiger partial charge on any atom is 0.229 e. The van der Waals surface area contributed by atoms with Gasteiger partial charge in [-0.15, -0.1) is 0 Å². The van der Waals surface area contributed by atoms with Crippen LogP contribution in [0.2, 0.25) is 5.02 Å². The Morgan fingerprint density at radius 1 is 1.25 bits per heavy atom. The number of aromatic nitrogens is 1. The second-order valence-corrected chi connectivity index (χ2v) is 6.74. The molecule has 0 unspecified atom stereocenters. The largest absolute Gasteiger partial charge is 0.493 e. The van der Waals surface area contributed by atoms with Crippen molar-refractivity contribution in [3.8, 4) is 5.75 Å². The zero-order chi connectivity index (χ0) is 16.9. The standard InChI is InChI=1S/C18H17ClN2O2S/c1-2-12-3-6-14(7-4-12)23-10-9-17(22)21-18-20-15-8-5-13(19)11-16(15)24-18/h3-8,11H,2,9-10H2,1H3,(H,20,21,22). The molecule has 0 saturated carbocycles. The minimum absolute atomic E-state index is 0.120. The Morgan fingerprint density at radius 2 is 2.04 bits per heavy atom. The van der Waals surface area contributed by atoms with Gasteiger partial charge in [0.05, 0.1) is 23.2 Å². The molecule has 0 fully saturated rings. The van der Waals surface area contributed by atoms with E-state index < -0.39 is 0 Å². The molecule has 1 aromatic heterocycles. The van der Waals surface area contributed by atoms with Gasteiger partial charge in [-0.3, -0.25) is 4.79 Å². The lowest BCUT2D eigenvalue weighted by Crippen LogP contribution is -2.15. The van der Waals surface area contributed by atoms with Crippen LogP contribution >= 0.6 is 22.9 Å². The molecule has 0 radical (unpaired) electrons. The van der Waals surface area contributed by atoms with E-state index in [0.29, 0.717) is 16.8 Å². The summed E-state index contributed by atoms with van der Waals surface area (Å²) < 4.78 is 6.54. The van der Waals surface area contributed by atoms with Crippen molar-refractivity contribution < 1.29 is 9.53 Å². The molecule has 0 aliphatic heterocycles. The van der Waals surface area contributed by atoms with E-state index in [0.717, 1.165) is 22.4 Å². The summed E-state index contributed by atoms with van der Waals surface area (Å²) in [5.41, 5.74) is 2.09. The number of carbonyl (C=O) groups excluding carboxylic acids is 1. The molecule has 0 aliphatic carbocycles. The van der Waals surface area contributed by atoms with Gasteiger partial charge >= 0.3 is 0 Å². The number of amides is 1. The van der Waals surface area contributed by atoms with Crippen LogP contribution in [0.1, 0.15) is 18.9 Å². The van der Waals surface area contributed by atoms with E-state index in [4.69, 9.17) is 16.3 Å². The van der Waals surface area contributed by atoms with Gasteiger partial charge in [0.2, 0.25) is 5.91 Å². The van der Waals surface area contributed by atoms with Crippen molar-refractivity contribution in [3.63, 3.8) is 0 Å². The second-order valence-electron chi connectivity index (χ2n) is 5.28. The van der Waals surface area contributed by atoms with Crippen LogP contribution in [0.3, 0.4) is 0 Å². The third-order valence-corrected chi connectivity index (χ3v) is 4.69. The van der Waals surface area contributed by atoms with E-state index in [1.165, 1.54) is 16.9 Å². The van der Waals surface area contributed by atoms with Gasteiger partial charge < -0.3 is 10.1 Å². The van der Waals surface area contributed by atoms with E-state index in [1.807, 2.05) is 36.4 Å². The molecule has 3 rings (SSSR count).